The van der Waals surface area contributed by atoms with Crippen molar-refractivity contribution in [3.63, 3.8) is 0 Å². The maximum absolute atomic E-state index is 6.32. The molecule has 0 saturated carbocycles. The summed E-state index contributed by atoms with van der Waals surface area (Å²) in [7, 11) is 1.96. The average Bonchev–Trinajstić information content (AvgIpc) is 2.77. The zero-order valence-corrected chi connectivity index (χ0v) is 11.9. The molecule has 2 nitrogen and oxygen atoms in total. The highest BCUT2D eigenvalue weighted by Crippen LogP contribution is 2.33. The van der Waals surface area contributed by atoms with Gasteiger partial charge in [0.1, 0.15) is 0 Å². The lowest BCUT2D eigenvalue weighted by molar-refractivity contribution is 0.566. The molecule has 5 heteroatoms. The van der Waals surface area contributed by atoms with Gasteiger partial charge in [0.05, 0.1) is 16.4 Å². The van der Waals surface area contributed by atoms with Crippen LogP contribution in [-0.2, 0) is 19.9 Å². The SMILES string of the molecule is CCc1nn(C)c(CC2CSCC2Cl)c1Cl. The zero-order chi connectivity index (χ0) is 11.7. The van der Waals surface area contributed by atoms with E-state index in [1.54, 1.807) is 0 Å². The minimum Gasteiger partial charge on any atom is -0.271 e. The van der Waals surface area contributed by atoms with Crippen LogP contribution in [0.2, 0.25) is 5.02 Å². The smallest absolute Gasteiger partial charge is 0.0849 e. The van der Waals surface area contributed by atoms with Crippen molar-refractivity contribution in [1.82, 2.24) is 9.78 Å². The largest absolute Gasteiger partial charge is 0.271 e. The van der Waals surface area contributed by atoms with Crippen molar-refractivity contribution in [2.24, 2.45) is 13.0 Å². The van der Waals surface area contributed by atoms with Crippen LogP contribution in [0.25, 0.3) is 0 Å². The Kier molecular flexibility index (Phi) is 4.09. The summed E-state index contributed by atoms with van der Waals surface area (Å²) < 4.78 is 1.91. The summed E-state index contributed by atoms with van der Waals surface area (Å²) in [6.07, 6.45) is 1.83. The first-order valence-electron chi connectivity index (χ1n) is 5.55. The molecule has 1 aromatic rings. The van der Waals surface area contributed by atoms with E-state index < -0.39 is 0 Å². The third-order valence-corrected chi connectivity index (χ3v) is 5.47. The molecule has 1 aliphatic rings. The summed E-state index contributed by atoms with van der Waals surface area (Å²) in [5.74, 6) is 2.73. The molecule has 16 heavy (non-hydrogen) atoms. The lowest BCUT2D eigenvalue weighted by atomic mass is 10.0. The minimum absolute atomic E-state index is 0.279. The molecule has 90 valence electrons. The number of halogens is 2. The first kappa shape index (κ1) is 12.6. The summed E-state index contributed by atoms with van der Waals surface area (Å²) in [6, 6.07) is 0. The molecule has 0 amide bonds. The van der Waals surface area contributed by atoms with Crippen molar-refractivity contribution in [2.75, 3.05) is 11.5 Å². The van der Waals surface area contributed by atoms with Crippen LogP contribution in [0.1, 0.15) is 18.3 Å². The third-order valence-electron chi connectivity index (χ3n) is 3.08. The Labute approximate surface area is 111 Å². The molecule has 0 N–H and O–H groups in total. The van der Waals surface area contributed by atoms with E-state index in [-0.39, 0.29) is 5.38 Å². The van der Waals surface area contributed by atoms with E-state index in [2.05, 4.69) is 12.0 Å². The van der Waals surface area contributed by atoms with E-state index in [0.717, 1.165) is 40.8 Å². The molecule has 1 saturated heterocycles. The van der Waals surface area contributed by atoms with Crippen LogP contribution in [0.15, 0.2) is 0 Å². The second-order valence-corrected chi connectivity index (χ2v) is 6.22. The van der Waals surface area contributed by atoms with Crippen LogP contribution in [0.3, 0.4) is 0 Å². The van der Waals surface area contributed by atoms with Gasteiger partial charge in [-0.05, 0) is 24.5 Å². The fourth-order valence-corrected chi connectivity index (χ4v) is 4.26. The summed E-state index contributed by atoms with van der Waals surface area (Å²) in [5, 5.41) is 5.55. The predicted molar refractivity (Wildman–Crippen MR) is 71.8 cm³/mol. The third kappa shape index (κ3) is 2.36. The van der Waals surface area contributed by atoms with Crippen LogP contribution < -0.4 is 0 Å². The maximum Gasteiger partial charge on any atom is 0.0849 e. The Hall–Kier alpha value is 0.140. The molecule has 2 heterocycles. The normalized spacial score (nSPS) is 25.2. The molecule has 1 aliphatic heterocycles. The van der Waals surface area contributed by atoms with Gasteiger partial charge in [-0.15, -0.1) is 11.6 Å². The maximum atomic E-state index is 6.32. The number of nitrogens with zero attached hydrogens (tertiary/aromatic N) is 2. The Balaban J connectivity index is 2.17. The van der Waals surface area contributed by atoms with E-state index >= 15 is 0 Å². The van der Waals surface area contributed by atoms with E-state index in [1.165, 1.54) is 0 Å². The molecular weight excluding hydrogens is 263 g/mol. The van der Waals surface area contributed by atoms with Gasteiger partial charge in [0.15, 0.2) is 0 Å². The molecule has 0 spiro atoms. The van der Waals surface area contributed by atoms with E-state index in [4.69, 9.17) is 23.2 Å². The van der Waals surface area contributed by atoms with E-state index in [1.807, 2.05) is 23.5 Å². The van der Waals surface area contributed by atoms with Crippen molar-refractivity contribution in [3.8, 4) is 0 Å². The van der Waals surface area contributed by atoms with Crippen molar-refractivity contribution < 1.29 is 0 Å². The van der Waals surface area contributed by atoms with Crippen molar-refractivity contribution in [3.05, 3.63) is 16.4 Å². The second kappa shape index (κ2) is 5.19. The quantitative estimate of drug-likeness (QED) is 0.791. The number of aryl methyl sites for hydroxylation is 2. The number of thioether (sulfide) groups is 1. The number of alkyl halides is 1. The molecule has 1 aromatic heterocycles. The molecule has 2 rings (SSSR count). The highest BCUT2D eigenvalue weighted by atomic mass is 35.5. The Morgan fingerprint density at radius 3 is 2.75 bits per heavy atom. The van der Waals surface area contributed by atoms with Crippen LogP contribution in [0, 0.1) is 5.92 Å². The van der Waals surface area contributed by atoms with Gasteiger partial charge in [0.2, 0.25) is 0 Å². The summed E-state index contributed by atoms with van der Waals surface area (Å²) >= 11 is 14.5. The van der Waals surface area contributed by atoms with Gasteiger partial charge in [0, 0.05) is 18.2 Å². The van der Waals surface area contributed by atoms with Crippen molar-refractivity contribution >= 4 is 35.0 Å². The Morgan fingerprint density at radius 2 is 2.25 bits per heavy atom. The monoisotopic (exact) mass is 278 g/mol. The molecule has 0 aliphatic carbocycles. The molecule has 1 fully saturated rings. The van der Waals surface area contributed by atoms with Gasteiger partial charge in [-0.2, -0.15) is 16.9 Å². The summed E-state index contributed by atoms with van der Waals surface area (Å²) in [6.45, 7) is 2.08. The molecular formula is C11H16Cl2N2S. The van der Waals surface area contributed by atoms with Gasteiger partial charge < -0.3 is 0 Å². The summed E-state index contributed by atoms with van der Waals surface area (Å²) in [5.41, 5.74) is 2.13. The van der Waals surface area contributed by atoms with Gasteiger partial charge in [-0.1, -0.05) is 18.5 Å². The topological polar surface area (TPSA) is 17.8 Å². The van der Waals surface area contributed by atoms with Crippen LogP contribution in [0.4, 0.5) is 0 Å². The van der Waals surface area contributed by atoms with Crippen LogP contribution in [0.5, 0.6) is 0 Å². The van der Waals surface area contributed by atoms with E-state index in [0.29, 0.717) is 5.92 Å². The van der Waals surface area contributed by atoms with Crippen molar-refractivity contribution in [2.45, 2.75) is 25.1 Å². The van der Waals surface area contributed by atoms with Gasteiger partial charge in [0.25, 0.3) is 0 Å². The first-order valence-corrected chi connectivity index (χ1v) is 7.52. The highest BCUT2D eigenvalue weighted by molar-refractivity contribution is 7.99. The fourth-order valence-electron chi connectivity index (χ4n) is 2.05. The predicted octanol–water partition coefficient (Wildman–Crippen LogP) is 3.15. The summed E-state index contributed by atoms with van der Waals surface area (Å²) in [4.78, 5) is 0. The average molecular weight is 279 g/mol. The van der Waals surface area contributed by atoms with Gasteiger partial charge in [-0.25, -0.2) is 0 Å². The molecule has 2 atom stereocenters. The zero-order valence-electron chi connectivity index (χ0n) is 9.54. The Morgan fingerprint density at radius 1 is 1.50 bits per heavy atom. The van der Waals surface area contributed by atoms with Crippen LogP contribution in [-0.4, -0.2) is 26.7 Å². The number of rotatable bonds is 3. The first-order chi connectivity index (χ1) is 7.63. The molecule has 0 bridgehead atoms. The Bertz CT molecular complexity index is 378. The standard InChI is InChI=1S/C11H16Cl2N2S/c1-3-9-11(13)10(15(2)14-9)4-7-5-16-6-8(7)12/h7-8H,3-6H2,1-2H3. The van der Waals surface area contributed by atoms with Gasteiger partial charge >= 0.3 is 0 Å². The molecule has 2 unspecified atom stereocenters. The molecule has 0 aromatic carbocycles. The fraction of sp³-hybridized carbons (Fsp3) is 0.727. The van der Waals surface area contributed by atoms with Crippen molar-refractivity contribution in [1.29, 1.82) is 0 Å². The second-order valence-electron chi connectivity index (χ2n) is 4.20. The number of hydrogen-bond acceptors (Lipinski definition) is 2. The lowest BCUT2D eigenvalue weighted by Crippen LogP contribution is -2.16. The number of aromatic nitrogens is 2. The van der Waals surface area contributed by atoms with E-state index in [9.17, 15) is 0 Å². The lowest BCUT2D eigenvalue weighted by Gasteiger charge is -2.12. The molecule has 0 radical (unpaired) electrons. The highest BCUT2D eigenvalue weighted by Gasteiger charge is 2.28. The van der Waals surface area contributed by atoms with Crippen LogP contribution >= 0.6 is 35.0 Å². The minimum atomic E-state index is 0.279. The van der Waals surface area contributed by atoms with Gasteiger partial charge in [-0.3, -0.25) is 4.68 Å². The number of hydrogen-bond donors (Lipinski definition) is 0.